The summed E-state index contributed by atoms with van der Waals surface area (Å²) in [6.45, 7) is 3.82. The topological polar surface area (TPSA) is 107 Å². The average molecular weight is 389 g/mol. The van der Waals surface area contributed by atoms with Gasteiger partial charge in [0.2, 0.25) is 5.91 Å². The molecule has 2 aromatic heterocycles. The van der Waals surface area contributed by atoms with E-state index in [0.29, 0.717) is 18.1 Å². The van der Waals surface area contributed by atoms with Crippen LogP contribution in [0.3, 0.4) is 0 Å². The Morgan fingerprint density at radius 3 is 2.70 bits per heavy atom. The lowest BCUT2D eigenvalue weighted by Crippen LogP contribution is -2.51. The zero-order valence-electron chi connectivity index (χ0n) is 15.1. The number of nitrogens with zero attached hydrogens (tertiary/aromatic N) is 4. The first kappa shape index (κ1) is 19.2. The number of hydrogen-bond donors (Lipinski definition) is 2. The first-order chi connectivity index (χ1) is 12.8. The van der Waals surface area contributed by atoms with Gasteiger partial charge in [0.1, 0.15) is 11.2 Å². The predicted octanol–water partition coefficient (Wildman–Crippen LogP) is 1.89. The number of aromatic nitrogens is 4. The molecule has 1 amide bonds. The molecule has 142 valence electrons. The smallest absolute Gasteiger partial charge is 0.240 e. The monoisotopic (exact) mass is 388 g/mol. The van der Waals surface area contributed by atoms with E-state index >= 15 is 0 Å². The highest BCUT2D eigenvalue weighted by Crippen LogP contribution is 2.16. The molecule has 3 N–H and O–H groups in total. The van der Waals surface area contributed by atoms with Gasteiger partial charge in [0.05, 0.1) is 18.8 Å². The van der Waals surface area contributed by atoms with E-state index in [0.717, 1.165) is 5.56 Å². The molecular weight excluding hydrogens is 368 g/mol. The number of amides is 1. The third kappa shape index (κ3) is 4.79. The Labute approximate surface area is 161 Å². The van der Waals surface area contributed by atoms with Gasteiger partial charge in [0.25, 0.3) is 0 Å². The summed E-state index contributed by atoms with van der Waals surface area (Å²) in [7, 11) is 0. The Balaban J connectivity index is 1.82. The summed E-state index contributed by atoms with van der Waals surface area (Å²) in [5.74, 6) is 0.0766. The minimum Gasteiger partial charge on any atom is -0.374 e. The third-order valence-electron chi connectivity index (χ3n) is 3.85. The summed E-state index contributed by atoms with van der Waals surface area (Å²) in [6.07, 6.45) is 0. The van der Waals surface area contributed by atoms with Crippen molar-refractivity contribution in [3.8, 4) is 0 Å². The lowest BCUT2D eigenvalue weighted by Gasteiger charge is -2.23. The van der Waals surface area contributed by atoms with Crippen molar-refractivity contribution < 1.29 is 9.53 Å². The van der Waals surface area contributed by atoms with Gasteiger partial charge >= 0.3 is 0 Å². The molecule has 8 nitrogen and oxygen atoms in total. The van der Waals surface area contributed by atoms with Crippen molar-refractivity contribution in [3.05, 3.63) is 59.0 Å². The summed E-state index contributed by atoms with van der Waals surface area (Å²) in [4.78, 5) is 12.4. The van der Waals surface area contributed by atoms with E-state index < -0.39 is 11.6 Å². The standard InChI is InChI=1S/C18H21ClN6O2/c1-18(2,20)17(26)21-13(11-27-10-12-6-4-3-5-7-12)16-23-22-15-9-8-14(19)24-25(15)16/h3-9,13H,10-11,20H2,1-2H3,(H,21,26). The molecule has 0 radical (unpaired) electrons. The van der Waals surface area contributed by atoms with E-state index in [2.05, 4.69) is 20.6 Å². The van der Waals surface area contributed by atoms with Crippen LogP contribution in [0.15, 0.2) is 42.5 Å². The Bertz CT molecular complexity index is 922. The summed E-state index contributed by atoms with van der Waals surface area (Å²) in [6, 6.07) is 12.5. The number of carbonyl (C=O) groups excluding carboxylic acids is 1. The fraction of sp³-hybridized carbons (Fsp3) is 0.333. The second-order valence-electron chi connectivity index (χ2n) is 6.73. The van der Waals surface area contributed by atoms with Gasteiger partial charge in [-0.1, -0.05) is 41.9 Å². The van der Waals surface area contributed by atoms with E-state index in [1.54, 1.807) is 26.0 Å². The molecule has 0 aliphatic heterocycles. The van der Waals surface area contributed by atoms with Crippen molar-refractivity contribution in [2.75, 3.05) is 6.61 Å². The van der Waals surface area contributed by atoms with E-state index in [1.165, 1.54) is 4.52 Å². The Morgan fingerprint density at radius 2 is 2.00 bits per heavy atom. The minimum atomic E-state index is -1.05. The molecule has 0 fully saturated rings. The molecule has 0 bridgehead atoms. The highest BCUT2D eigenvalue weighted by atomic mass is 35.5. The number of ether oxygens (including phenoxy) is 1. The van der Waals surface area contributed by atoms with Gasteiger partial charge < -0.3 is 15.8 Å². The number of benzene rings is 1. The van der Waals surface area contributed by atoms with Crippen molar-refractivity contribution >= 4 is 23.2 Å². The highest BCUT2D eigenvalue weighted by molar-refractivity contribution is 6.29. The summed E-state index contributed by atoms with van der Waals surface area (Å²) >= 11 is 5.99. The zero-order valence-corrected chi connectivity index (χ0v) is 15.8. The zero-order chi connectivity index (χ0) is 19.4. The van der Waals surface area contributed by atoms with Crippen LogP contribution in [0.2, 0.25) is 5.15 Å². The number of fused-ring (bicyclic) bond motifs is 1. The number of carbonyl (C=O) groups is 1. The molecule has 0 aliphatic rings. The maximum Gasteiger partial charge on any atom is 0.240 e. The van der Waals surface area contributed by atoms with Crippen molar-refractivity contribution in [2.24, 2.45) is 5.73 Å². The molecule has 3 aromatic rings. The number of nitrogens with one attached hydrogen (secondary N) is 1. The van der Waals surface area contributed by atoms with Crippen LogP contribution in [-0.4, -0.2) is 37.9 Å². The third-order valence-corrected chi connectivity index (χ3v) is 4.05. The highest BCUT2D eigenvalue weighted by Gasteiger charge is 2.28. The van der Waals surface area contributed by atoms with Gasteiger partial charge in [-0.3, -0.25) is 4.79 Å². The van der Waals surface area contributed by atoms with Crippen molar-refractivity contribution in [1.82, 2.24) is 25.1 Å². The molecular formula is C18H21ClN6O2. The Kier molecular flexibility index (Phi) is 5.69. The van der Waals surface area contributed by atoms with E-state index in [9.17, 15) is 4.79 Å². The van der Waals surface area contributed by atoms with Crippen LogP contribution in [0.25, 0.3) is 5.65 Å². The molecule has 0 saturated heterocycles. The molecule has 1 atom stereocenters. The Morgan fingerprint density at radius 1 is 1.26 bits per heavy atom. The molecule has 0 aliphatic carbocycles. The lowest BCUT2D eigenvalue weighted by molar-refractivity contribution is -0.126. The van der Waals surface area contributed by atoms with E-state index in [-0.39, 0.29) is 17.7 Å². The molecule has 9 heteroatoms. The summed E-state index contributed by atoms with van der Waals surface area (Å²) in [5, 5.41) is 15.6. The SMILES string of the molecule is CC(C)(N)C(=O)NC(COCc1ccccc1)c1nnc2ccc(Cl)nn12. The van der Waals surface area contributed by atoms with Gasteiger partial charge in [-0.15, -0.1) is 10.2 Å². The van der Waals surface area contributed by atoms with E-state index in [1.807, 2.05) is 30.3 Å². The van der Waals surface area contributed by atoms with Crippen LogP contribution >= 0.6 is 11.6 Å². The molecule has 3 rings (SSSR count). The van der Waals surface area contributed by atoms with Crippen molar-refractivity contribution in [1.29, 1.82) is 0 Å². The first-order valence-corrected chi connectivity index (χ1v) is 8.82. The molecule has 0 saturated carbocycles. The largest absolute Gasteiger partial charge is 0.374 e. The van der Waals surface area contributed by atoms with Gasteiger partial charge in [-0.05, 0) is 31.5 Å². The van der Waals surface area contributed by atoms with E-state index in [4.69, 9.17) is 22.1 Å². The number of hydrogen-bond acceptors (Lipinski definition) is 6. The van der Waals surface area contributed by atoms with Gasteiger partial charge in [-0.2, -0.15) is 9.61 Å². The second-order valence-corrected chi connectivity index (χ2v) is 7.12. The van der Waals surface area contributed by atoms with Crippen LogP contribution in [-0.2, 0) is 16.1 Å². The fourth-order valence-electron chi connectivity index (χ4n) is 2.39. The summed E-state index contributed by atoms with van der Waals surface area (Å²) < 4.78 is 7.29. The average Bonchev–Trinajstić information content (AvgIpc) is 3.03. The van der Waals surface area contributed by atoms with Crippen molar-refractivity contribution in [2.45, 2.75) is 32.0 Å². The van der Waals surface area contributed by atoms with Crippen LogP contribution < -0.4 is 11.1 Å². The van der Waals surface area contributed by atoms with Crippen molar-refractivity contribution in [3.63, 3.8) is 0 Å². The molecule has 1 aromatic carbocycles. The molecule has 1 unspecified atom stereocenters. The maximum atomic E-state index is 12.4. The quantitative estimate of drug-likeness (QED) is 0.640. The maximum absolute atomic E-state index is 12.4. The lowest BCUT2D eigenvalue weighted by atomic mass is 10.1. The summed E-state index contributed by atoms with van der Waals surface area (Å²) in [5.41, 5.74) is 6.39. The van der Waals surface area contributed by atoms with Crippen LogP contribution in [0, 0.1) is 0 Å². The van der Waals surface area contributed by atoms with Gasteiger partial charge in [0, 0.05) is 0 Å². The Hall–Kier alpha value is -2.55. The number of rotatable bonds is 7. The first-order valence-electron chi connectivity index (χ1n) is 8.44. The van der Waals surface area contributed by atoms with Gasteiger partial charge in [0.15, 0.2) is 11.5 Å². The molecule has 0 spiro atoms. The normalized spacial score (nSPS) is 12.9. The van der Waals surface area contributed by atoms with Crippen LogP contribution in [0.1, 0.15) is 31.3 Å². The number of halogens is 1. The number of nitrogens with two attached hydrogens (primary N) is 1. The van der Waals surface area contributed by atoms with Crippen LogP contribution in [0.5, 0.6) is 0 Å². The minimum absolute atomic E-state index is 0.172. The fourth-order valence-corrected chi connectivity index (χ4v) is 2.53. The molecule has 2 heterocycles. The van der Waals surface area contributed by atoms with Gasteiger partial charge in [-0.25, -0.2) is 0 Å². The second kappa shape index (κ2) is 7.99. The predicted molar refractivity (Wildman–Crippen MR) is 101 cm³/mol. The van der Waals surface area contributed by atoms with Crippen LogP contribution in [0.4, 0.5) is 0 Å². The molecule has 27 heavy (non-hydrogen) atoms.